The number of thiazole rings is 1. The highest BCUT2D eigenvalue weighted by Gasteiger charge is 2.41. The molecule has 1 aliphatic rings. The number of benzene rings is 1. The molecule has 0 amide bonds. The molecule has 0 bridgehead atoms. The van der Waals surface area contributed by atoms with E-state index in [0.29, 0.717) is 35.3 Å². The summed E-state index contributed by atoms with van der Waals surface area (Å²) in [6.07, 6.45) is -1.77. The van der Waals surface area contributed by atoms with E-state index in [-0.39, 0.29) is 17.9 Å². The normalized spacial score (nSPS) is 24.1. The van der Waals surface area contributed by atoms with E-state index in [9.17, 15) is 15.3 Å². The largest absolute Gasteiger partial charge is 0.396 e. The van der Waals surface area contributed by atoms with Crippen LogP contribution in [-0.4, -0.2) is 74.9 Å². The molecule has 1 fully saturated rings. The molecule has 11 heteroatoms. The van der Waals surface area contributed by atoms with Gasteiger partial charge in [-0.25, -0.2) is 9.97 Å². The van der Waals surface area contributed by atoms with Crippen LogP contribution >= 0.6 is 22.9 Å². The average molecular weight is 480 g/mol. The standard InChI is InChI=1S/C21H26ClN5O4S/c1-10(31-2)8-23-21-26-18(22)15(20-25-12-5-3-4-6-14(12)32-20)19(27-21)24-13-7-11(9-28)16(29)17(13)30/h3-6,10-11,13,16-17,28-30H,7-9H2,1-2H3,(H2,23,24,26,27)/t10-,11-,13-,16-,17+/m1/s1. The van der Waals surface area contributed by atoms with Crippen molar-refractivity contribution in [3.8, 4) is 10.6 Å². The van der Waals surface area contributed by atoms with E-state index >= 15 is 0 Å². The first-order valence-electron chi connectivity index (χ1n) is 10.3. The summed E-state index contributed by atoms with van der Waals surface area (Å²) in [5, 5.41) is 37.4. The number of anilines is 2. The first-order valence-corrected chi connectivity index (χ1v) is 11.5. The van der Waals surface area contributed by atoms with Gasteiger partial charge in [-0.05, 0) is 25.5 Å². The lowest BCUT2D eigenvalue weighted by molar-refractivity contribution is 0.00446. The van der Waals surface area contributed by atoms with Crippen molar-refractivity contribution in [2.45, 2.75) is 37.7 Å². The van der Waals surface area contributed by atoms with Gasteiger partial charge in [-0.2, -0.15) is 4.98 Å². The average Bonchev–Trinajstić information content (AvgIpc) is 3.33. The Hall–Kier alpha value is -2.08. The Morgan fingerprint density at radius 3 is 2.69 bits per heavy atom. The van der Waals surface area contributed by atoms with E-state index in [2.05, 4.69) is 25.6 Å². The molecule has 1 aliphatic carbocycles. The zero-order valence-corrected chi connectivity index (χ0v) is 19.3. The zero-order chi connectivity index (χ0) is 22.8. The van der Waals surface area contributed by atoms with Gasteiger partial charge in [0.05, 0.1) is 34.0 Å². The third-order valence-electron chi connectivity index (χ3n) is 5.68. The zero-order valence-electron chi connectivity index (χ0n) is 17.7. The first kappa shape index (κ1) is 23.1. The Bertz CT molecular complexity index is 1050. The second-order valence-corrected chi connectivity index (χ2v) is 9.27. The Balaban J connectivity index is 1.72. The van der Waals surface area contributed by atoms with Crippen LogP contribution in [0, 0.1) is 5.92 Å². The molecule has 5 N–H and O–H groups in total. The molecule has 0 aliphatic heterocycles. The molecule has 1 saturated carbocycles. The molecule has 9 nitrogen and oxygen atoms in total. The Kier molecular flexibility index (Phi) is 7.08. The van der Waals surface area contributed by atoms with Crippen molar-refractivity contribution >= 4 is 44.9 Å². The molecular weight excluding hydrogens is 454 g/mol. The summed E-state index contributed by atoms with van der Waals surface area (Å²) >= 11 is 8.07. The van der Waals surface area contributed by atoms with Crippen LogP contribution in [0.2, 0.25) is 5.15 Å². The number of hydrogen-bond donors (Lipinski definition) is 5. The molecule has 2 aromatic heterocycles. The minimum Gasteiger partial charge on any atom is -0.396 e. The van der Waals surface area contributed by atoms with Crippen LogP contribution < -0.4 is 10.6 Å². The number of nitrogens with one attached hydrogen (secondary N) is 2. The molecular formula is C21H26ClN5O4S. The van der Waals surface area contributed by atoms with Crippen LogP contribution in [0.25, 0.3) is 20.8 Å². The molecule has 3 aromatic rings. The highest BCUT2D eigenvalue weighted by atomic mass is 35.5. The maximum absolute atomic E-state index is 10.5. The summed E-state index contributed by atoms with van der Waals surface area (Å²) in [5.41, 5.74) is 1.36. The molecule has 0 saturated heterocycles. The van der Waals surface area contributed by atoms with Gasteiger partial charge < -0.3 is 30.7 Å². The van der Waals surface area contributed by atoms with Crippen LogP contribution in [-0.2, 0) is 4.74 Å². The highest BCUT2D eigenvalue weighted by Crippen LogP contribution is 2.39. The summed E-state index contributed by atoms with van der Waals surface area (Å²) in [7, 11) is 1.62. The van der Waals surface area contributed by atoms with Gasteiger partial charge in [-0.15, -0.1) is 11.3 Å². The third kappa shape index (κ3) is 4.66. The van der Waals surface area contributed by atoms with Gasteiger partial charge in [0.2, 0.25) is 5.95 Å². The van der Waals surface area contributed by atoms with E-state index in [1.807, 2.05) is 31.2 Å². The molecule has 0 radical (unpaired) electrons. The van der Waals surface area contributed by atoms with Crippen molar-refractivity contribution in [3.05, 3.63) is 29.4 Å². The quantitative estimate of drug-likeness (QED) is 0.309. The van der Waals surface area contributed by atoms with E-state index in [0.717, 1.165) is 10.2 Å². The molecule has 0 spiro atoms. The monoisotopic (exact) mass is 479 g/mol. The van der Waals surface area contributed by atoms with Crippen LogP contribution in [0.5, 0.6) is 0 Å². The molecule has 32 heavy (non-hydrogen) atoms. The number of rotatable bonds is 8. The maximum Gasteiger partial charge on any atom is 0.226 e. The third-order valence-corrected chi connectivity index (χ3v) is 7.01. The second-order valence-electron chi connectivity index (χ2n) is 7.89. The number of aliphatic hydroxyl groups excluding tert-OH is 3. The van der Waals surface area contributed by atoms with Crippen LogP contribution in [0.15, 0.2) is 24.3 Å². The van der Waals surface area contributed by atoms with E-state index < -0.39 is 24.2 Å². The maximum atomic E-state index is 10.5. The summed E-state index contributed by atoms with van der Waals surface area (Å²) < 4.78 is 6.25. The Morgan fingerprint density at radius 1 is 1.22 bits per heavy atom. The molecule has 5 atom stereocenters. The van der Waals surface area contributed by atoms with Crippen LogP contribution in [0.1, 0.15) is 13.3 Å². The SMILES string of the molecule is CO[C@H](C)CNc1nc(Cl)c(-c2nc3ccccc3s2)c(N[C@@H]2C[C@H](CO)[C@@H](O)[C@H]2O)n1. The van der Waals surface area contributed by atoms with E-state index in [1.165, 1.54) is 11.3 Å². The lowest BCUT2D eigenvalue weighted by atomic mass is 10.1. The molecule has 2 heterocycles. The fraction of sp³-hybridized carbons (Fsp3) is 0.476. The van der Waals surface area contributed by atoms with Gasteiger partial charge in [-0.3, -0.25) is 0 Å². The summed E-state index contributed by atoms with van der Waals surface area (Å²) in [6.45, 7) is 2.17. The molecule has 1 aromatic carbocycles. The molecule has 0 unspecified atom stereocenters. The summed E-state index contributed by atoms with van der Waals surface area (Å²) in [5.74, 6) is 0.273. The van der Waals surface area contributed by atoms with Gasteiger partial charge in [0.15, 0.2) is 0 Å². The van der Waals surface area contributed by atoms with Crippen molar-refractivity contribution in [1.29, 1.82) is 0 Å². The van der Waals surface area contributed by atoms with Crippen molar-refractivity contribution in [2.75, 3.05) is 30.9 Å². The lowest BCUT2D eigenvalue weighted by Gasteiger charge is -2.21. The number of methoxy groups -OCH3 is 1. The minimum absolute atomic E-state index is 0.0603. The van der Waals surface area contributed by atoms with Crippen molar-refractivity contribution in [3.63, 3.8) is 0 Å². The number of halogens is 1. The van der Waals surface area contributed by atoms with Crippen molar-refractivity contribution < 1.29 is 20.1 Å². The molecule has 4 rings (SSSR count). The number of ether oxygens (including phenoxy) is 1. The van der Waals surface area contributed by atoms with Crippen molar-refractivity contribution in [1.82, 2.24) is 15.0 Å². The number of para-hydroxylation sites is 1. The Labute approximate surface area is 194 Å². The van der Waals surface area contributed by atoms with Gasteiger partial charge >= 0.3 is 0 Å². The summed E-state index contributed by atoms with van der Waals surface area (Å²) in [6, 6.07) is 7.23. The van der Waals surface area contributed by atoms with E-state index in [4.69, 9.17) is 16.3 Å². The van der Waals surface area contributed by atoms with Gasteiger partial charge in [0, 0.05) is 26.2 Å². The van der Waals surface area contributed by atoms with Crippen LogP contribution in [0.4, 0.5) is 11.8 Å². The fourth-order valence-corrected chi connectivity index (χ4v) is 5.06. The summed E-state index contributed by atoms with van der Waals surface area (Å²) in [4.78, 5) is 13.7. The van der Waals surface area contributed by atoms with Crippen LogP contribution in [0.3, 0.4) is 0 Å². The highest BCUT2D eigenvalue weighted by molar-refractivity contribution is 7.21. The van der Waals surface area contributed by atoms with E-state index in [1.54, 1.807) is 7.11 Å². The number of aliphatic hydroxyl groups is 3. The van der Waals surface area contributed by atoms with Crippen molar-refractivity contribution in [2.24, 2.45) is 5.92 Å². The molecule has 172 valence electrons. The lowest BCUT2D eigenvalue weighted by Crippen LogP contribution is -2.35. The minimum atomic E-state index is -1.06. The Morgan fingerprint density at radius 2 is 2.00 bits per heavy atom. The van der Waals surface area contributed by atoms with Gasteiger partial charge in [-0.1, -0.05) is 23.7 Å². The fourth-order valence-electron chi connectivity index (χ4n) is 3.73. The second kappa shape index (κ2) is 9.82. The number of aromatic nitrogens is 3. The number of nitrogens with zero attached hydrogens (tertiary/aromatic N) is 3. The predicted octanol–water partition coefficient (Wildman–Crippen LogP) is 2.37. The van der Waals surface area contributed by atoms with Gasteiger partial charge in [0.1, 0.15) is 22.1 Å². The smallest absolute Gasteiger partial charge is 0.226 e. The topological polar surface area (TPSA) is 133 Å². The number of fused-ring (bicyclic) bond motifs is 1. The number of hydrogen-bond acceptors (Lipinski definition) is 10. The predicted molar refractivity (Wildman–Crippen MR) is 125 cm³/mol. The van der Waals surface area contributed by atoms with Gasteiger partial charge in [0.25, 0.3) is 0 Å². The first-order chi connectivity index (χ1) is 15.4.